The average Bonchev–Trinajstić information content (AvgIpc) is 2.59. The van der Waals surface area contributed by atoms with Crippen molar-refractivity contribution in [1.82, 2.24) is 5.16 Å². The summed E-state index contributed by atoms with van der Waals surface area (Å²) in [6.45, 7) is 1.88. The van der Waals surface area contributed by atoms with E-state index in [-0.39, 0.29) is 5.54 Å². The van der Waals surface area contributed by atoms with Gasteiger partial charge in [0.15, 0.2) is 0 Å². The first-order chi connectivity index (χ1) is 5.71. The van der Waals surface area contributed by atoms with E-state index in [0.717, 1.165) is 24.3 Å². The summed E-state index contributed by atoms with van der Waals surface area (Å²) < 4.78 is 4.98. The van der Waals surface area contributed by atoms with Crippen LogP contribution < -0.4 is 5.73 Å². The zero-order valence-electron chi connectivity index (χ0n) is 7.08. The second kappa shape index (κ2) is 2.45. The van der Waals surface area contributed by atoms with E-state index in [4.69, 9.17) is 10.3 Å². The van der Waals surface area contributed by atoms with Crippen molar-refractivity contribution in [2.24, 2.45) is 5.73 Å². The van der Waals surface area contributed by atoms with Crippen LogP contribution in [-0.4, -0.2) is 5.16 Å². The Kier molecular flexibility index (Phi) is 1.54. The van der Waals surface area contributed by atoms with Crippen LogP contribution in [0.15, 0.2) is 22.7 Å². The molecule has 0 fully saturated rings. The summed E-state index contributed by atoms with van der Waals surface area (Å²) in [4.78, 5) is 0. The van der Waals surface area contributed by atoms with E-state index in [1.54, 1.807) is 0 Å². The molecule has 3 nitrogen and oxygen atoms in total. The molecule has 0 spiro atoms. The Bertz CT molecular complexity index is 306. The first-order valence-electron chi connectivity index (χ1n) is 4.08. The van der Waals surface area contributed by atoms with Gasteiger partial charge in [0.05, 0.1) is 5.54 Å². The van der Waals surface area contributed by atoms with Crippen LogP contribution in [0.1, 0.15) is 24.3 Å². The highest BCUT2D eigenvalue weighted by molar-refractivity contribution is 5.21. The molecular weight excluding hydrogens is 152 g/mol. The molecule has 0 saturated heterocycles. The lowest BCUT2D eigenvalue weighted by atomic mass is 9.94. The Balaban J connectivity index is 2.30. The van der Waals surface area contributed by atoms with Gasteiger partial charge < -0.3 is 10.3 Å². The normalized spacial score (nSPS) is 20.2. The van der Waals surface area contributed by atoms with Gasteiger partial charge in [-0.2, -0.15) is 0 Å². The lowest BCUT2D eigenvalue weighted by Crippen LogP contribution is -2.33. The predicted molar refractivity (Wildman–Crippen MR) is 45.5 cm³/mol. The molecular formula is C9H12N2O. The van der Waals surface area contributed by atoms with Crippen LogP contribution in [0, 0.1) is 6.92 Å². The fourth-order valence-electron chi connectivity index (χ4n) is 1.48. The molecule has 1 aliphatic rings. The summed E-state index contributed by atoms with van der Waals surface area (Å²) in [5.41, 5.74) is 6.67. The maximum atomic E-state index is 6.11. The molecule has 0 saturated carbocycles. The van der Waals surface area contributed by atoms with Gasteiger partial charge >= 0.3 is 0 Å². The quantitative estimate of drug-likeness (QED) is 0.640. The lowest BCUT2D eigenvalue weighted by molar-refractivity contribution is 0.361. The summed E-state index contributed by atoms with van der Waals surface area (Å²) in [6, 6.07) is 1.91. The zero-order chi connectivity index (χ0) is 8.60. The van der Waals surface area contributed by atoms with Gasteiger partial charge in [-0.3, -0.25) is 0 Å². The number of aryl methyl sites for hydroxylation is 1. The minimum absolute atomic E-state index is 0.308. The van der Waals surface area contributed by atoms with Gasteiger partial charge in [-0.05, 0) is 19.8 Å². The highest BCUT2D eigenvalue weighted by Crippen LogP contribution is 2.30. The van der Waals surface area contributed by atoms with Crippen molar-refractivity contribution in [3.63, 3.8) is 0 Å². The molecule has 2 rings (SSSR count). The standard InChI is InChI=1S/C9H12N2O/c1-7-6-8(11-12-7)9(10)4-2-3-5-9/h2-3,6H,4-5,10H2,1H3. The molecule has 3 heteroatoms. The highest BCUT2D eigenvalue weighted by atomic mass is 16.5. The molecule has 2 N–H and O–H groups in total. The van der Waals surface area contributed by atoms with E-state index in [2.05, 4.69) is 17.3 Å². The number of nitrogens with zero attached hydrogens (tertiary/aromatic N) is 1. The highest BCUT2D eigenvalue weighted by Gasteiger charge is 2.31. The molecule has 1 aliphatic carbocycles. The summed E-state index contributed by atoms with van der Waals surface area (Å²) in [5, 5.41) is 3.93. The molecule has 0 aromatic carbocycles. The Morgan fingerprint density at radius 2 is 2.17 bits per heavy atom. The minimum atomic E-state index is -0.308. The molecule has 1 aromatic heterocycles. The van der Waals surface area contributed by atoms with Crippen LogP contribution in [0.25, 0.3) is 0 Å². The Morgan fingerprint density at radius 3 is 2.67 bits per heavy atom. The smallest absolute Gasteiger partial charge is 0.134 e. The number of hydrogen-bond donors (Lipinski definition) is 1. The topological polar surface area (TPSA) is 52.0 Å². The third-order valence-corrected chi connectivity index (χ3v) is 2.27. The van der Waals surface area contributed by atoms with Gasteiger partial charge in [-0.15, -0.1) is 0 Å². The van der Waals surface area contributed by atoms with Crippen molar-refractivity contribution in [3.8, 4) is 0 Å². The summed E-state index contributed by atoms with van der Waals surface area (Å²) >= 11 is 0. The van der Waals surface area contributed by atoms with E-state index in [9.17, 15) is 0 Å². The fourth-order valence-corrected chi connectivity index (χ4v) is 1.48. The maximum Gasteiger partial charge on any atom is 0.134 e. The molecule has 0 amide bonds. The van der Waals surface area contributed by atoms with E-state index in [0.29, 0.717) is 0 Å². The SMILES string of the molecule is Cc1cc(C2(N)CC=CC2)no1. The molecule has 1 aromatic rings. The lowest BCUT2D eigenvalue weighted by Gasteiger charge is -2.19. The van der Waals surface area contributed by atoms with Crippen molar-refractivity contribution in [3.05, 3.63) is 29.7 Å². The zero-order valence-corrected chi connectivity index (χ0v) is 7.08. The summed E-state index contributed by atoms with van der Waals surface area (Å²) in [6.07, 6.45) is 5.89. The summed E-state index contributed by atoms with van der Waals surface area (Å²) in [5.74, 6) is 0.821. The molecule has 0 bridgehead atoms. The molecule has 12 heavy (non-hydrogen) atoms. The van der Waals surface area contributed by atoms with Crippen LogP contribution in [0.5, 0.6) is 0 Å². The minimum Gasteiger partial charge on any atom is -0.361 e. The predicted octanol–water partition coefficient (Wildman–Crippen LogP) is 1.49. The first kappa shape index (κ1) is 7.55. The van der Waals surface area contributed by atoms with E-state index in [1.165, 1.54) is 0 Å². The average molecular weight is 164 g/mol. The van der Waals surface area contributed by atoms with Gasteiger partial charge in [0, 0.05) is 6.07 Å². The van der Waals surface area contributed by atoms with E-state index in [1.807, 2.05) is 13.0 Å². The van der Waals surface area contributed by atoms with E-state index >= 15 is 0 Å². The van der Waals surface area contributed by atoms with Gasteiger partial charge in [-0.1, -0.05) is 17.3 Å². The third-order valence-electron chi connectivity index (χ3n) is 2.27. The van der Waals surface area contributed by atoms with Crippen molar-refractivity contribution in [1.29, 1.82) is 0 Å². The maximum absolute atomic E-state index is 6.11. The van der Waals surface area contributed by atoms with Gasteiger partial charge in [0.25, 0.3) is 0 Å². The number of rotatable bonds is 1. The third kappa shape index (κ3) is 1.06. The van der Waals surface area contributed by atoms with Gasteiger partial charge in [-0.25, -0.2) is 0 Å². The second-order valence-electron chi connectivity index (χ2n) is 3.36. The largest absolute Gasteiger partial charge is 0.361 e. The van der Waals surface area contributed by atoms with Crippen LogP contribution in [0.3, 0.4) is 0 Å². The summed E-state index contributed by atoms with van der Waals surface area (Å²) in [7, 11) is 0. The molecule has 0 radical (unpaired) electrons. The molecule has 0 unspecified atom stereocenters. The van der Waals surface area contributed by atoms with Crippen molar-refractivity contribution in [2.45, 2.75) is 25.3 Å². The monoisotopic (exact) mass is 164 g/mol. The van der Waals surface area contributed by atoms with Crippen LogP contribution >= 0.6 is 0 Å². The van der Waals surface area contributed by atoms with E-state index < -0.39 is 0 Å². The van der Waals surface area contributed by atoms with Crippen molar-refractivity contribution in [2.75, 3.05) is 0 Å². The first-order valence-corrected chi connectivity index (χ1v) is 4.08. The Morgan fingerprint density at radius 1 is 1.50 bits per heavy atom. The Labute approximate surface area is 71.2 Å². The molecule has 0 aliphatic heterocycles. The number of aromatic nitrogens is 1. The fraction of sp³-hybridized carbons (Fsp3) is 0.444. The number of hydrogen-bond acceptors (Lipinski definition) is 3. The van der Waals surface area contributed by atoms with Gasteiger partial charge in [0.1, 0.15) is 11.5 Å². The molecule has 1 heterocycles. The van der Waals surface area contributed by atoms with Crippen molar-refractivity contribution < 1.29 is 4.52 Å². The van der Waals surface area contributed by atoms with Crippen LogP contribution in [-0.2, 0) is 5.54 Å². The van der Waals surface area contributed by atoms with Crippen LogP contribution in [0.2, 0.25) is 0 Å². The molecule has 64 valence electrons. The van der Waals surface area contributed by atoms with Gasteiger partial charge in [0.2, 0.25) is 0 Å². The Hall–Kier alpha value is -1.09. The second-order valence-corrected chi connectivity index (χ2v) is 3.36. The van der Waals surface area contributed by atoms with Crippen molar-refractivity contribution >= 4 is 0 Å². The van der Waals surface area contributed by atoms with Crippen LogP contribution in [0.4, 0.5) is 0 Å². The molecule has 0 atom stereocenters. The number of nitrogens with two attached hydrogens (primary N) is 1.